The number of hydrogen-bond donors (Lipinski definition) is 1. The van der Waals surface area contributed by atoms with Crippen LogP contribution in [-0.2, 0) is 6.54 Å². The second-order valence-electron chi connectivity index (χ2n) is 5.98. The van der Waals surface area contributed by atoms with Crippen LogP contribution in [0.15, 0.2) is 47.1 Å². The summed E-state index contributed by atoms with van der Waals surface area (Å²) in [5, 5.41) is 3.55. The zero-order chi connectivity index (χ0) is 18.7. The summed E-state index contributed by atoms with van der Waals surface area (Å²) in [6.45, 7) is 2.23. The molecule has 6 nitrogen and oxygen atoms in total. The first-order chi connectivity index (χ1) is 12.5. The second kappa shape index (κ2) is 7.53. The number of hydrogen-bond acceptors (Lipinski definition) is 5. The summed E-state index contributed by atoms with van der Waals surface area (Å²) in [5.74, 6) is 0.368. The summed E-state index contributed by atoms with van der Waals surface area (Å²) < 4.78 is 5.33. The van der Waals surface area contributed by atoms with Crippen molar-refractivity contribution in [1.82, 2.24) is 15.2 Å². The van der Waals surface area contributed by atoms with Gasteiger partial charge in [-0.05, 0) is 36.8 Å². The number of benzene rings is 1. The maximum absolute atomic E-state index is 12.4. The first kappa shape index (κ1) is 17.9. The smallest absolute Gasteiger partial charge is 0.271 e. The summed E-state index contributed by atoms with van der Waals surface area (Å²) in [6.07, 6.45) is 1.58. The van der Waals surface area contributed by atoms with Gasteiger partial charge in [0.25, 0.3) is 11.8 Å². The van der Waals surface area contributed by atoms with Gasteiger partial charge < -0.3 is 14.6 Å². The van der Waals surface area contributed by atoms with Crippen LogP contribution < -0.4 is 5.32 Å². The molecule has 3 rings (SSSR count). The Balaban J connectivity index is 1.65. The lowest BCUT2D eigenvalue weighted by Crippen LogP contribution is -2.24. The van der Waals surface area contributed by atoms with Crippen molar-refractivity contribution in [3.05, 3.63) is 64.4 Å². The molecule has 1 N–H and O–H groups in total. The number of aryl methyl sites for hydroxylation is 1. The molecule has 0 bridgehead atoms. The lowest BCUT2D eigenvalue weighted by atomic mass is 10.1. The van der Waals surface area contributed by atoms with Gasteiger partial charge in [-0.3, -0.25) is 9.59 Å². The number of nitrogens with one attached hydrogen (secondary N) is 1. The number of furan rings is 1. The fourth-order valence-electron chi connectivity index (χ4n) is 2.40. The van der Waals surface area contributed by atoms with Crippen LogP contribution in [0.25, 0.3) is 10.8 Å². The molecule has 0 unspecified atom stereocenters. The molecule has 2 amide bonds. The van der Waals surface area contributed by atoms with Gasteiger partial charge in [0.15, 0.2) is 10.8 Å². The van der Waals surface area contributed by atoms with E-state index in [4.69, 9.17) is 4.42 Å². The summed E-state index contributed by atoms with van der Waals surface area (Å²) in [6, 6.07) is 10.8. The van der Waals surface area contributed by atoms with Crippen LogP contribution in [0.4, 0.5) is 0 Å². The predicted molar refractivity (Wildman–Crippen MR) is 100 cm³/mol. The topological polar surface area (TPSA) is 75.4 Å². The Labute approximate surface area is 155 Å². The Morgan fingerprint density at radius 3 is 2.54 bits per heavy atom. The summed E-state index contributed by atoms with van der Waals surface area (Å²) in [4.78, 5) is 31.1. The molecule has 0 spiro atoms. The van der Waals surface area contributed by atoms with Crippen LogP contribution in [0.2, 0.25) is 0 Å². The average molecular weight is 369 g/mol. The van der Waals surface area contributed by atoms with Gasteiger partial charge in [0.05, 0.1) is 6.26 Å². The van der Waals surface area contributed by atoms with E-state index in [0.717, 1.165) is 10.4 Å². The van der Waals surface area contributed by atoms with Gasteiger partial charge in [-0.1, -0.05) is 12.1 Å². The lowest BCUT2D eigenvalue weighted by molar-refractivity contribution is 0.0827. The third-order valence-electron chi connectivity index (χ3n) is 3.80. The molecule has 0 atom stereocenters. The average Bonchev–Trinajstić information content (AvgIpc) is 3.29. The first-order valence-corrected chi connectivity index (χ1v) is 8.87. The van der Waals surface area contributed by atoms with Gasteiger partial charge in [-0.15, -0.1) is 11.3 Å². The van der Waals surface area contributed by atoms with Crippen molar-refractivity contribution in [3.8, 4) is 10.8 Å². The van der Waals surface area contributed by atoms with Gasteiger partial charge in [-0.25, -0.2) is 4.98 Å². The van der Waals surface area contributed by atoms with Crippen molar-refractivity contribution in [3.63, 3.8) is 0 Å². The third kappa shape index (κ3) is 3.83. The van der Waals surface area contributed by atoms with Gasteiger partial charge >= 0.3 is 0 Å². The molecule has 7 heteroatoms. The van der Waals surface area contributed by atoms with Gasteiger partial charge in [-0.2, -0.15) is 0 Å². The standard InChI is InChI=1S/C19H19N3O3S/c1-12-16(21-18(26-12)15-5-4-10-25-15)17(23)20-11-13-6-8-14(9-7-13)19(24)22(2)3/h4-10H,11H2,1-3H3,(H,20,23). The summed E-state index contributed by atoms with van der Waals surface area (Å²) in [5.41, 5.74) is 1.93. The highest BCUT2D eigenvalue weighted by molar-refractivity contribution is 7.15. The Kier molecular flexibility index (Phi) is 5.18. The molecule has 0 saturated heterocycles. The van der Waals surface area contributed by atoms with Crippen LogP contribution in [-0.4, -0.2) is 35.8 Å². The molecule has 0 aliphatic carbocycles. The fourth-order valence-corrected chi connectivity index (χ4v) is 3.28. The molecular formula is C19H19N3O3S. The Morgan fingerprint density at radius 2 is 1.92 bits per heavy atom. The molecule has 0 aliphatic rings. The number of rotatable bonds is 5. The minimum atomic E-state index is -0.231. The number of aromatic nitrogens is 1. The predicted octanol–water partition coefficient (Wildman–Crippen LogP) is 3.34. The van der Waals surface area contributed by atoms with E-state index in [1.165, 1.54) is 16.2 Å². The second-order valence-corrected chi connectivity index (χ2v) is 7.18. The van der Waals surface area contributed by atoms with E-state index in [2.05, 4.69) is 10.3 Å². The highest BCUT2D eigenvalue weighted by Gasteiger charge is 2.17. The maximum Gasteiger partial charge on any atom is 0.271 e. The van der Waals surface area contributed by atoms with Crippen LogP contribution >= 0.6 is 11.3 Å². The van der Waals surface area contributed by atoms with E-state index >= 15 is 0 Å². The molecular weight excluding hydrogens is 350 g/mol. The molecule has 1 aromatic carbocycles. The first-order valence-electron chi connectivity index (χ1n) is 8.06. The number of carbonyl (C=O) groups is 2. The van der Waals surface area contributed by atoms with E-state index in [1.54, 1.807) is 38.6 Å². The molecule has 134 valence electrons. The van der Waals surface area contributed by atoms with Crippen LogP contribution in [0.5, 0.6) is 0 Å². The van der Waals surface area contributed by atoms with E-state index in [-0.39, 0.29) is 11.8 Å². The normalized spacial score (nSPS) is 10.6. The largest absolute Gasteiger partial charge is 0.462 e. The van der Waals surface area contributed by atoms with E-state index in [9.17, 15) is 9.59 Å². The molecule has 0 fully saturated rings. The molecule has 0 saturated carbocycles. The van der Waals surface area contributed by atoms with E-state index in [0.29, 0.717) is 28.6 Å². The Morgan fingerprint density at radius 1 is 1.19 bits per heavy atom. The van der Waals surface area contributed by atoms with E-state index < -0.39 is 0 Å². The number of carbonyl (C=O) groups excluding carboxylic acids is 2. The van der Waals surface area contributed by atoms with Gasteiger partial charge in [0.1, 0.15) is 5.69 Å². The van der Waals surface area contributed by atoms with Gasteiger partial charge in [0.2, 0.25) is 0 Å². The highest BCUT2D eigenvalue weighted by Crippen LogP contribution is 2.27. The van der Waals surface area contributed by atoms with E-state index in [1.807, 2.05) is 25.1 Å². The zero-order valence-electron chi connectivity index (χ0n) is 14.8. The maximum atomic E-state index is 12.4. The van der Waals surface area contributed by atoms with Crippen molar-refractivity contribution in [2.24, 2.45) is 0 Å². The SMILES string of the molecule is Cc1sc(-c2ccco2)nc1C(=O)NCc1ccc(C(=O)N(C)C)cc1. The summed E-state index contributed by atoms with van der Waals surface area (Å²) in [7, 11) is 3.42. The highest BCUT2D eigenvalue weighted by atomic mass is 32.1. The minimum Gasteiger partial charge on any atom is -0.462 e. The molecule has 2 aromatic heterocycles. The number of nitrogens with zero attached hydrogens (tertiary/aromatic N) is 2. The Hall–Kier alpha value is -2.93. The van der Waals surface area contributed by atoms with Crippen LogP contribution in [0, 0.1) is 6.92 Å². The molecule has 0 radical (unpaired) electrons. The van der Waals surface area contributed by atoms with Crippen LogP contribution in [0.3, 0.4) is 0 Å². The molecule has 2 heterocycles. The monoisotopic (exact) mass is 369 g/mol. The van der Waals surface area contributed by atoms with Crippen molar-refractivity contribution in [2.75, 3.05) is 14.1 Å². The number of amides is 2. The van der Waals surface area contributed by atoms with Crippen molar-refractivity contribution >= 4 is 23.2 Å². The molecule has 3 aromatic rings. The van der Waals surface area contributed by atoms with Crippen molar-refractivity contribution in [2.45, 2.75) is 13.5 Å². The minimum absolute atomic E-state index is 0.0517. The van der Waals surface area contributed by atoms with Crippen molar-refractivity contribution < 1.29 is 14.0 Å². The number of thiazole rings is 1. The van der Waals surface area contributed by atoms with Gasteiger partial charge in [0, 0.05) is 31.1 Å². The molecule has 26 heavy (non-hydrogen) atoms. The van der Waals surface area contributed by atoms with Crippen molar-refractivity contribution in [1.29, 1.82) is 0 Å². The quantitative estimate of drug-likeness (QED) is 0.748. The third-order valence-corrected chi connectivity index (χ3v) is 4.79. The fraction of sp³-hybridized carbons (Fsp3) is 0.211. The zero-order valence-corrected chi connectivity index (χ0v) is 15.6. The Bertz CT molecular complexity index is 912. The molecule has 0 aliphatic heterocycles. The summed E-state index contributed by atoms with van der Waals surface area (Å²) >= 11 is 1.42. The lowest BCUT2D eigenvalue weighted by Gasteiger charge is -2.10. The van der Waals surface area contributed by atoms with Crippen LogP contribution in [0.1, 0.15) is 31.3 Å².